The fourth-order valence-electron chi connectivity index (χ4n) is 2.38. The minimum Gasteiger partial charge on any atom is -0.338 e. The Balaban J connectivity index is 2.68. The molecule has 0 aliphatic carbocycles. The minimum atomic E-state index is -0.329. The third-order valence-corrected chi connectivity index (χ3v) is 4.46. The van der Waals surface area contributed by atoms with Gasteiger partial charge in [-0.25, -0.2) is 0 Å². The standard InChI is InChI=1S/C13H26N2O/c1-6-8(2)12(14)13(16)15-7-9(3)10(4)11(15)5/h8-12H,6-7,14H2,1-5H3/t8?,9?,10?,11-,12-/m0/s1. The van der Waals surface area contributed by atoms with Crippen LogP contribution in [0.25, 0.3) is 0 Å². The summed E-state index contributed by atoms with van der Waals surface area (Å²) >= 11 is 0. The molecule has 1 saturated heterocycles. The van der Waals surface area contributed by atoms with E-state index < -0.39 is 0 Å². The maximum Gasteiger partial charge on any atom is 0.240 e. The van der Waals surface area contributed by atoms with Gasteiger partial charge in [0.05, 0.1) is 6.04 Å². The van der Waals surface area contributed by atoms with Gasteiger partial charge in [-0.05, 0) is 24.7 Å². The van der Waals surface area contributed by atoms with Crippen molar-refractivity contribution < 1.29 is 4.79 Å². The van der Waals surface area contributed by atoms with Crippen molar-refractivity contribution in [3.05, 3.63) is 0 Å². The average molecular weight is 226 g/mol. The van der Waals surface area contributed by atoms with Crippen molar-refractivity contribution in [1.29, 1.82) is 0 Å². The molecule has 0 aromatic rings. The van der Waals surface area contributed by atoms with Gasteiger partial charge in [0.25, 0.3) is 0 Å². The number of nitrogens with zero attached hydrogens (tertiary/aromatic N) is 1. The Morgan fingerprint density at radius 3 is 2.38 bits per heavy atom. The van der Waals surface area contributed by atoms with Gasteiger partial charge in [-0.3, -0.25) is 4.79 Å². The SMILES string of the molecule is CCC(C)[C@H](N)C(=O)N1CC(C)C(C)[C@@H]1C. The molecule has 0 aromatic carbocycles. The Hall–Kier alpha value is -0.570. The van der Waals surface area contributed by atoms with Crippen LogP contribution in [0.3, 0.4) is 0 Å². The van der Waals surface area contributed by atoms with Crippen LogP contribution in [-0.4, -0.2) is 29.4 Å². The van der Waals surface area contributed by atoms with E-state index in [0.717, 1.165) is 13.0 Å². The van der Waals surface area contributed by atoms with Crippen LogP contribution >= 0.6 is 0 Å². The summed E-state index contributed by atoms with van der Waals surface area (Å²) in [5.41, 5.74) is 6.01. The number of carbonyl (C=O) groups excluding carboxylic acids is 1. The minimum absolute atomic E-state index is 0.137. The van der Waals surface area contributed by atoms with Crippen molar-refractivity contribution in [2.45, 2.75) is 53.1 Å². The molecule has 1 aliphatic rings. The molecule has 0 bridgehead atoms. The summed E-state index contributed by atoms with van der Waals surface area (Å²) in [6.45, 7) is 11.6. The van der Waals surface area contributed by atoms with E-state index in [9.17, 15) is 4.79 Å². The summed E-state index contributed by atoms with van der Waals surface area (Å²) in [5, 5.41) is 0. The number of hydrogen-bond donors (Lipinski definition) is 1. The first kappa shape index (κ1) is 13.5. The van der Waals surface area contributed by atoms with Crippen molar-refractivity contribution in [3.63, 3.8) is 0 Å². The lowest BCUT2D eigenvalue weighted by Gasteiger charge is -2.28. The fourth-order valence-corrected chi connectivity index (χ4v) is 2.38. The number of hydrogen-bond acceptors (Lipinski definition) is 2. The van der Waals surface area contributed by atoms with E-state index in [1.54, 1.807) is 0 Å². The van der Waals surface area contributed by atoms with Gasteiger partial charge in [-0.2, -0.15) is 0 Å². The molecule has 0 saturated carbocycles. The number of rotatable bonds is 3. The highest BCUT2D eigenvalue weighted by molar-refractivity contribution is 5.82. The molecule has 0 radical (unpaired) electrons. The molecule has 16 heavy (non-hydrogen) atoms. The van der Waals surface area contributed by atoms with Crippen LogP contribution in [-0.2, 0) is 4.79 Å². The maximum atomic E-state index is 12.2. The van der Waals surface area contributed by atoms with Crippen LogP contribution in [0, 0.1) is 17.8 Å². The van der Waals surface area contributed by atoms with Gasteiger partial charge in [0.15, 0.2) is 0 Å². The topological polar surface area (TPSA) is 46.3 Å². The van der Waals surface area contributed by atoms with E-state index >= 15 is 0 Å². The van der Waals surface area contributed by atoms with Crippen LogP contribution in [0.4, 0.5) is 0 Å². The number of amides is 1. The molecule has 1 fully saturated rings. The third-order valence-electron chi connectivity index (χ3n) is 4.46. The lowest BCUT2D eigenvalue weighted by Crippen LogP contribution is -2.48. The quantitative estimate of drug-likeness (QED) is 0.798. The first-order chi connectivity index (χ1) is 7.40. The normalized spacial score (nSPS) is 33.9. The first-order valence-corrected chi connectivity index (χ1v) is 6.46. The second-order valence-electron chi connectivity index (χ2n) is 5.48. The van der Waals surface area contributed by atoms with E-state index in [2.05, 4.69) is 34.6 Å². The van der Waals surface area contributed by atoms with E-state index in [4.69, 9.17) is 5.73 Å². The van der Waals surface area contributed by atoms with Crippen molar-refractivity contribution in [1.82, 2.24) is 4.90 Å². The zero-order chi connectivity index (χ0) is 12.5. The molecular formula is C13H26N2O. The van der Waals surface area contributed by atoms with Crippen molar-refractivity contribution >= 4 is 5.91 Å². The highest BCUT2D eigenvalue weighted by atomic mass is 16.2. The molecule has 0 spiro atoms. The lowest BCUT2D eigenvalue weighted by molar-refractivity contribution is -0.134. The van der Waals surface area contributed by atoms with Gasteiger partial charge in [-0.15, -0.1) is 0 Å². The number of carbonyl (C=O) groups is 1. The van der Waals surface area contributed by atoms with Crippen LogP contribution < -0.4 is 5.73 Å². The Morgan fingerprint density at radius 2 is 2.00 bits per heavy atom. The predicted octanol–water partition coefficient (Wildman–Crippen LogP) is 1.86. The van der Waals surface area contributed by atoms with E-state index in [1.807, 2.05) is 4.90 Å². The summed E-state index contributed by atoms with van der Waals surface area (Å²) in [5.74, 6) is 1.57. The maximum absolute atomic E-state index is 12.2. The van der Waals surface area contributed by atoms with Crippen LogP contribution in [0.5, 0.6) is 0 Å². The summed E-state index contributed by atoms with van der Waals surface area (Å²) in [6.07, 6.45) is 0.959. The summed E-state index contributed by atoms with van der Waals surface area (Å²) in [4.78, 5) is 14.2. The molecule has 94 valence electrons. The molecule has 5 atom stereocenters. The van der Waals surface area contributed by atoms with E-state index in [-0.39, 0.29) is 17.9 Å². The van der Waals surface area contributed by atoms with Crippen LogP contribution in [0.15, 0.2) is 0 Å². The summed E-state index contributed by atoms with van der Waals surface area (Å²) in [6, 6.07) is 0.00237. The van der Waals surface area contributed by atoms with Gasteiger partial charge in [0.1, 0.15) is 0 Å². The smallest absolute Gasteiger partial charge is 0.240 e. The van der Waals surface area contributed by atoms with Gasteiger partial charge < -0.3 is 10.6 Å². The average Bonchev–Trinajstić information content (AvgIpc) is 2.54. The van der Waals surface area contributed by atoms with Gasteiger partial charge in [0, 0.05) is 12.6 Å². The molecule has 0 aromatic heterocycles. The predicted molar refractivity (Wildman–Crippen MR) is 66.9 cm³/mol. The molecule has 3 unspecified atom stereocenters. The number of nitrogens with two attached hydrogens (primary N) is 1. The zero-order valence-corrected chi connectivity index (χ0v) is 11.2. The molecule has 3 heteroatoms. The second-order valence-corrected chi connectivity index (χ2v) is 5.48. The van der Waals surface area contributed by atoms with Crippen LogP contribution in [0.1, 0.15) is 41.0 Å². The molecular weight excluding hydrogens is 200 g/mol. The van der Waals surface area contributed by atoms with Crippen molar-refractivity contribution in [2.24, 2.45) is 23.5 Å². The van der Waals surface area contributed by atoms with E-state index in [0.29, 0.717) is 17.9 Å². The van der Waals surface area contributed by atoms with Crippen LogP contribution in [0.2, 0.25) is 0 Å². The molecule has 1 amide bonds. The van der Waals surface area contributed by atoms with Gasteiger partial charge >= 0.3 is 0 Å². The Kier molecular flexibility index (Phi) is 4.36. The fraction of sp³-hybridized carbons (Fsp3) is 0.923. The number of likely N-dealkylation sites (tertiary alicyclic amines) is 1. The Bertz CT molecular complexity index is 254. The third kappa shape index (κ3) is 2.40. The monoisotopic (exact) mass is 226 g/mol. The largest absolute Gasteiger partial charge is 0.338 e. The van der Waals surface area contributed by atoms with Crippen molar-refractivity contribution in [3.8, 4) is 0 Å². The van der Waals surface area contributed by atoms with Crippen molar-refractivity contribution in [2.75, 3.05) is 6.54 Å². The molecule has 2 N–H and O–H groups in total. The van der Waals surface area contributed by atoms with Gasteiger partial charge in [0.2, 0.25) is 5.91 Å². The summed E-state index contributed by atoms with van der Waals surface area (Å²) in [7, 11) is 0. The van der Waals surface area contributed by atoms with E-state index in [1.165, 1.54) is 0 Å². The zero-order valence-electron chi connectivity index (χ0n) is 11.2. The first-order valence-electron chi connectivity index (χ1n) is 6.46. The highest BCUT2D eigenvalue weighted by Gasteiger charge is 2.38. The molecule has 1 aliphatic heterocycles. The molecule has 1 rings (SSSR count). The Morgan fingerprint density at radius 1 is 1.44 bits per heavy atom. The lowest BCUT2D eigenvalue weighted by atomic mass is 9.95. The molecule has 3 nitrogen and oxygen atoms in total. The second kappa shape index (κ2) is 5.17. The highest BCUT2D eigenvalue weighted by Crippen LogP contribution is 2.29. The molecule has 1 heterocycles. The van der Waals surface area contributed by atoms with Gasteiger partial charge in [-0.1, -0.05) is 34.1 Å². The Labute approximate surface area is 99.4 Å². The summed E-state index contributed by atoms with van der Waals surface area (Å²) < 4.78 is 0.